The lowest BCUT2D eigenvalue weighted by atomic mass is 10.1. The van der Waals surface area contributed by atoms with Crippen LogP contribution in [0.2, 0.25) is 0 Å². The van der Waals surface area contributed by atoms with Crippen LogP contribution in [0.5, 0.6) is 0 Å². The van der Waals surface area contributed by atoms with Crippen molar-refractivity contribution in [3.63, 3.8) is 0 Å². The molecule has 3 aromatic rings. The van der Waals surface area contributed by atoms with Gasteiger partial charge in [0.15, 0.2) is 0 Å². The van der Waals surface area contributed by atoms with Gasteiger partial charge in [-0.2, -0.15) is 0 Å². The topological polar surface area (TPSA) is 33.4 Å². The molecular weight excluding hydrogens is 219 g/mol. The van der Waals surface area contributed by atoms with Gasteiger partial charge in [0, 0.05) is 16.1 Å². The molecule has 0 spiro atoms. The molecule has 0 fully saturated rings. The number of rotatable bonds is 1. The van der Waals surface area contributed by atoms with Gasteiger partial charge in [0.05, 0.1) is 8.15 Å². The molecule has 0 radical (unpaired) electrons. The lowest BCUT2D eigenvalue weighted by molar-refractivity contribution is 0.638. The molecule has 3 rings (SSSR count). The minimum Gasteiger partial charge on any atom is -0.455 e. The van der Waals surface area contributed by atoms with Crippen LogP contribution >= 0.6 is 8.15 Å². The zero-order chi connectivity index (χ0) is 11.1. The smallest absolute Gasteiger partial charge is 0.145 e. The third-order valence-corrected chi connectivity index (χ3v) is 3.78. The highest BCUT2D eigenvalue weighted by Crippen LogP contribution is 2.33. The van der Waals surface area contributed by atoms with Crippen LogP contribution in [-0.2, 0) is 0 Å². The summed E-state index contributed by atoms with van der Waals surface area (Å²) < 4.78 is 5.80. The number of para-hydroxylation sites is 2. The van der Waals surface area contributed by atoms with Gasteiger partial charge in [-0.1, -0.05) is 30.3 Å². The normalized spacial score (nSPS) is 13.4. The second kappa shape index (κ2) is 3.58. The molecule has 1 N–H and O–H groups in total. The van der Waals surface area contributed by atoms with Crippen molar-refractivity contribution in [2.45, 2.75) is 0 Å². The summed E-state index contributed by atoms with van der Waals surface area (Å²) in [5.41, 5.74) is 1.70. The fraction of sp³-hybridized carbons (Fsp3) is 0.0769. The second-order valence-corrected chi connectivity index (χ2v) is 5.30. The van der Waals surface area contributed by atoms with Crippen LogP contribution in [0.25, 0.3) is 21.9 Å². The van der Waals surface area contributed by atoms with E-state index in [1.807, 2.05) is 49.1 Å². The fourth-order valence-corrected chi connectivity index (χ4v) is 2.75. The highest BCUT2D eigenvalue weighted by molar-refractivity contribution is 7.59. The highest BCUT2D eigenvalue weighted by Gasteiger charge is 2.12. The second-order valence-electron chi connectivity index (χ2n) is 3.78. The van der Waals surface area contributed by atoms with E-state index in [-0.39, 0.29) is 0 Å². The molecule has 80 valence electrons. The predicted octanol–water partition coefficient (Wildman–Crippen LogP) is 3.23. The van der Waals surface area contributed by atoms with Crippen molar-refractivity contribution in [2.75, 3.05) is 6.66 Å². The molecule has 0 saturated heterocycles. The van der Waals surface area contributed by atoms with Crippen LogP contribution in [0.15, 0.2) is 46.9 Å². The van der Waals surface area contributed by atoms with Gasteiger partial charge in [-0.25, -0.2) is 0 Å². The van der Waals surface area contributed by atoms with Gasteiger partial charge >= 0.3 is 0 Å². The molecule has 3 heteroatoms. The molecule has 0 aliphatic rings. The Morgan fingerprint density at radius 2 is 1.75 bits per heavy atom. The third-order valence-electron chi connectivity index (χ3n) is 2.73. The zero-order valence-corrected chi connectivity index (χ0v) is 9.74. The Hall–Kier alpha value is -1.37. The summed E-state index contributed by atoms with van der Waals surface area (Å²) in [6.45, 7) is 1.82. The van der Waals surface area contributed by atoms with E-state index in [9.17, 15) is 4.89 Å². The van der Waals surface area contributed by atoms with Gasteiger partial charge < -0.3 is 9.31 Å². The first-order chi connectivity index (χ1) is 7.77. The maximum atomic E-state index is 9.75. The third kappa shape index (κ3) is 1.35. The van der Waals surface area contributed by atoms with Crippen LogP contribution in [0.4, 0.5) is 0 Å². The molecular formula is C13H11O2P. The van der Waals surface area contributed by atoms with Gasteiger partial charge in [-0.3, -0.25) is 0 Å². The number of furan rings is 1. The van der Waals surface area contributed by atoms with E-state index in [0.29, 0.717) is 0 Å². The molecule has 1 unspecified atom stereocenters. The summed E-state index contributed by atoms with van der Waals surface area (Å²) >= 11 is 0. The summed E-state index contributed by atoms with van der Waals surface area (Å²) in [6.07, 6.45) is 0. The molecule has 0 aliphatic carbocycles. The number of hydrogen-bond acceptors (Lipinski definition) is 2. The van der Waals surface area contributed by atoms with Gasteiger partial charge in [-0.05, 0) is 18.8 Å². The zero-order valence-electron chi connectivity index (χ0n) is 8.84. The molecule has 0 bridgehead atoms. The van der Waals surface area contributed by atoms with Crippen molar-refractivity contribution >= 4 is 35.4 Å². The summed E-state index contributed by atoms with van der Waals surface area (Å²) in [5, 5.41) is 3.09. The van der Waals surface area contributed by atoms with Crippen molar-refractivity contribution in [1.29, 1.82) is 0 Å². The lowest BCUT2D eigenvalue weighted by Crippen LogP contribution is -1.98. The van der Waals surface area contributed by atoms with Crippen LogP contribution in [0.1, 0.15) is 0 Å². The summed E-state index contributed by atoms with van der Waals surface area (Å²) in [4.78, 5) is 9.75. The van der Waals surface area contributed by atoms with Gasteiger partial charge in [0.2, 0.25) is 0 Å². The van der Waals surface area contributed by atoms with E-state index in [2.05, 4.69) is 0 Å². The summed E-state index contributed by atoms with van der Waals surface area (Å²) in [5.74, 6) is 0. The van der Waals surface area contributed by atoms with E-state index < -0.39 is 8.15 Å². The largest absolute Gasteiger partial charge is 0.455 e. The van der Waals surface area contributed by atoms with Crippen molar-refractivity contribution in [3.8, 4) is 0 Å². The Kier molecular flexibility index (Phi) is 2.20. The average Bonchev–Trinajstić information content (AvgIpc) is 2.67. The predicted molar refractivity (Wildman–Crippen MR) is 68.4 cm³/mol. The highest BCUT2D eigenvalue weighted by atomic mass is 31.1. The molecule has 1 aromatic heterocycles. The lowest BCUT2D eigenvalue weighted by Gasteiger charge is -2.03. The Morgan fingerprint density at radius 3 is 2.56 bits per heavy atom. The van der Waals surface area contributed by atoms with E-state index >= 15 is 0 Å². The molecule has 0 aliphatic heterocycles. The first-order valence-corrected chi connectivity index (χ1v) is 6.84. The van der Waals surface area contributed by atoms with Gasteiger partial charge in [-0.15, -0.1) is 0 Å². The van der Waals surface area contributed by atoms with Gasteiger partial charge in [0.25, 0.3) is 0 Å². The molecule has 16 heavy (non-hydrogen) atoms. The standard InChI is InChI=1S/C13H11O2P/c1-16(14)12-8-4-6-10-9-5-2-3-7-11(9)15-13(10)12/h2-8,14H,1H3. The number of benzene rings is 2. The Labute approximate surface area is 94.3 Å². The van der Waals surface area contributed by atoms with Crippen LogP contribution < -0.4 is 5.30 Å². The summed E-state index contributed by atoms with van der Waals surface area (Å²) in [6, 6.07) is 13.9. The molecule has 1 heterocycles. The van der Waals surface area contributed by atoms with Crippen molar-refractivity contribution in [1.82, 2.24) is 0 Å². The Morgan fingerprint density at radius 1 is 1.00 bits per heavy atom. The molecule has 0 saturated carbocycles. The van der Waals surface area contributed by atoms with Crippen molar-refractivity contribution in [2.24, 2.45) is 0 Å². The minimum absolute atomic E-state index is 0.819. The van der Waals surface area contributed by atoms with Crippen LogP contribution in [0.3, 0.4) is 0 Å². The molecule has 2 nitrogen and oxygen atoms in total. The molecule has 0 amide bonds. The first-order valence-electron chi connectivity index (χ1n) is 5.10. The Bertz CT molecular complexity index is 655. The van der Waals surface area contributed by atoms with Crippen molar-refractivity contribution < 1.29 is 9.31 Å². The van der Waals surface area contributed by atoms with E-state index in [0.717, 1.165) is 27.2 Å². The number of hydrogen-bond donors (Lipinski definition) is 1. The van der Waals surface area contributed by atoms with Crippen molar-refractivity contribution in [3.05, 3.63) is 42.5 Å². The van der Waals surface area contributed by atoms with E-state index in [4.69, 9.17) is 4.42 Å². The van der Waals surface area contributed by atoms with Crippen LogP contribution in [0, 0.1) is 0 Å². The maximum absolute atomic E-state index is 9.75. The van der Waals surface area contributed by atoms with E-state index in [1.54, 1.807) is 0 Å². The first kappa shape index (κ1) is 9.83. The fourth-order valence-electron chi connectivity index (χ4n) is 1.99. The Balaban J connectivity index is 2.49. The quantitative estimate of drug-likeness (QED) is 0.651. The SMILES string of the molecule is CP(O)c1cccc2c1oc1ccccc12. The van der Waals surface area contributed by atoms with E-state index in [1.165, 1.54) is 0 Å². The number of fused-ring (bicyclic) bond motifs is 3. The van der Waals surface area contributed by atoms with Crippen LogP contribution in [-0.4, -0.2) is 11.6 Å². The average molecular weight is 230 g/mol. The molecule has 1 atom stereocenters. The van der Waals surface area contributed by atoms with Gasteiger partial charge in [0.1, 0.15) is 11.2 Å². The molecule has 2 aromatic carbocycles. The summed E-state index contributed by atoms with van der Waals surface area (Å²) in [7, 11) is -1.13. The maximum Gasteiger partial charge on any atom is 0.145 e. The minimum atomic E-state index is -1.13. The monoisotopic (exact) mass is 230 g/mol.